The molecule has 0 spiro atoms. The Labute approximate surface area is 187 Å². The van der Waals surface area contributed by atoms with Crippen molar-refractivity contribution in [3.8, 4) is 5.88 Å². The largest absolute Gasteiger partial charge is 0.460 e. The van der Waals surface area contributed by atoms with Crippen LogP contribution in [0.2, 0.25) is 5.02 Å². The van der Waals surface area contributed by atoms with Gasteiger partial charge in [-0.2, -0.15) is 0 Å². The Kier molecular flexibility index (Phi) is 6.21. The van der Waals surface area contributed by atoms with E-state index in [1.807, 2.05) is 53.2 Å². The van der Waals surface area contributed by atoms with E-state index in [4.69, 9.17) is 16.3 Å². The van der Waals surface area contributed by atoms with Crippen LogP contribution in [0.25, 0.3) is 10.9 Å². The van der Waals surface area contributed by atoms with Crippen molar-refractivity contribution in [3.05, 3.63) is 59.1 Å². The van der Waals surface area contributed by atoms with Gasteiger partial charge < -0.3 is 15.2 Å². The van der Waals surface area contributed by atoms with E-state index in [-0.39, 0.29) is 18.1 Å². The molecule has 1 heterocycles. The number of hydrogen-bond donors (Lipinski definition) is 2. The van der Waals surface area contributed by atoms with E-state index >= 15 is 0 Å². The first-order chi connectivity index (χ1) is 14.8. The lowest BCUT2D eigenvalue weighted by Gasteiger charge is -2.30. The number of nitrogens with zero attached hydrogens (tertiary/aromatic N) is 2. The third-order valence-electron chi connectivity index (χ3n) is 5.78. The lowest BCUT2D eigenvalue weighted by atomic mass is 9.92. The van der Waals surface area contributed by atoms with Gasteiger partial charge in [-0.25, -0.2) is 0 Å². The third-order valence-corrected chi connectivity index (χ3v) is 6.01. The average Bonchev–Trinajstić information content (AvgIpc) is 3.06. The van der Waals surface area contributed by atoms with Crippen LogP contribution in [0.3, 0.4) is 0 Å². The number of aliphatic hydroxyl groups excluding tert-OH is 1. The minimum absolute atomic E-state index is 0.0657. The van der Waals surface area contributed by atoms with Crippen molar-refractivity contribution in [1.29, 1.82) is 0 Å². The lowest BCUT2D eigenvalue weighted by molar-refractivity contribution is -0.135. The quantitative estimate of drug-likeness (QED) is 0.597. The first kappa shape index (κ1) is 21.7. The van der Waals surface area contributed by atoms with Gasteiger partial charge in [-0.1, -0.05) is 35.9 Å². The fourth-order valence-electron chi connectivity index (χ4n) is 3.97. The summed E-state index contributed by atoms with van der Waals surface area (Å²) in [5.41, 5.74) is 0.868. The Morgan fingerprint density at radius 3 is 2.68 bits per heavy atom. The molecule has 164 valence electrons. The van der Waals surface area contributed by atoms with Crippen molar-refractivity contribution in [1.82, 2.24) is 15.1 Å². The molecule has 31 heavy (non-hydrogen) atoms. The second kappa shape index (κ2) is 8.89. The van der Waals surface area contributed by atoms with Crippen molar-refractivity contribution in [2.45, 2.75) is 63.8 Å². The van der Waals surface area contributed by atoms with Gasteiger partial charge in [0.15, 0.2) is 5.60 Å². The predicted octanol–water partition coefficient (Wildman–Crippen LogP) is 4.32. The molecule has 0 aliphatic heterocycles. The molecular weight excluding hydrogens is 414 g/mol. The summed E-state index contributed by atoms with van der Waals surface area (Å²) in [6, 6.07) is 15.6. The molecule has 6 nitrogen and oxygen atoms in total. The summed E-state index contributed by atoms with van der Waals surface area (Å²) >= 11 is 6.13. The zero-order valence-corrected chi connectivity index (χ0v) is 18.6. The van der Waals surface area contributed by atoms with Crippen molar-refractivity contribution >= 4 is 28.4 Å². The molecule has 4 rings (SSSR count). The number of carbonyl (C=O) groups excluding carboxylic acids is 1. The van der Waals surface area contributed by atoms with Crippen LogP contribution in [0.4, 0.5) is 0 Å². The molecule has 1 fully saturated rings. The van der Waals surface area contributed by atoms with E-state index in [1.54, 1.807) is 13.8 Å². The standard InChI is InChI=1S/C24H28ClN3O3/c1-24(2,23(30)26-18-10-12-19(29)13-11-18)31-22-20-8-3-4-9-21(20)28(27-22)15-16-6-5-7-17(25)14-16/h3-9,14,18-19,29H,10-13,15H2,1-2H3,(H,26,30). The Balaban J connectivity index is 1.54. The number of aromatic nitrogens is 2. The van der Waals surface area contributed by atoms with Gasteiger partial charge in [0, 0.05) is 11.1 Å². The molecule has 0 atom stereocenters. The molecule has 0 bridgehead atoms. The molecule has 2 aromatic carbocycles. The number of para-hydroxylation sites is 1. The number of nitrogens with one attached hydrogen (secondary N) is 1. The summed E-state index contributed by atoms with van der Waals surface area (Å²) in [5, 5.41) is 19.0. The van der Waals surface area contributed by atoms with Crippen LogP contribution < -0.4 is 10.1 Å². The molecule has 3 aromatic rings. The van der Waals surface area contributed by atoms with E-state index in [0.717, 1.165) is 29.3 Å². The highest BCUT2D eigenvalue weighted by Gasteiger charge is 2.34. The number of benzene rings is 2. The van der Waals surface area contributed by atoms with Crippen LogP contribution in [0.1, 0.15) is 45.1 Å². The molecule has 0 unspecified atom stereocenters. The zero-order valence-electron chi connectivity index (χ0n) is 17.8. The minimum atomic E-state index is -1.09. The van der Waals surface area contributed by atoms with Gasteiger partial charge in [-0.3, -0.25) is 9.48 Å². The topological polar surface area (TPSA) is 76.4 Å². The molecule has 0 radical (unpaired) electrons. The van der Waals surface area contributed by atoms with Crippen LogP contribution in [0.15, 0.2) is 48.5 Å². The van der Waals surface area contributed by atoms with E-state index in [9.17, 15) is 9.90 Å². The fourth-order valence-corrected chi connectivity index (χ4v) is 4.18. The van der Waals surface area contributed by atoms with Gasteiger partial charge in [0.2, 0.25) is 5.88 Å². The molecule has 1 saturated carbocycles. The van der Waals surface area contributed by atoms with Gasteiger partial charge in [-0.15, -0.1) is 5.10 Å². The zero-order chi connectivity index (χ0) is 22.0. The number of rotatable bonds is 6. The second-order valence-corrected chi connectivity index (χ2v) is 9.14. The van der Waals surface area contributed by atoms with Crippen molar-refractivity contribution < 1.29 is 14.6 Å². The summed E-state index contributed by atoms with van der Waals surface area (Å²) < 4.78 is 8.03. The van der Waals surface area contributed by atoms with E-state index in [0.29, 0.717) is 30.3 Å². The summed E-state index contributed by atoms with van der Waals surface area (Å²) in [6.07, 6.45) is 2.72. The first-order valence-electron chi connectivity index (χ1n) is 10.7. The summed E-state index contributed by atoms with van der Waals surface area (Å²) in [6.45, 7) is 4.05. The number of carbonyl (C=O) groups is 1. The van der Waals surface area contributed by atoms with Gasteiger partial charge in [0.05, 0.1) is 23.6 Å². The molecule has 1 amide bonds. The van der Waals surface area contributed by atoms with Crippen LogP contribution >= 0.6 is 11.6 Å². The normalized spacial score (nSPS) is 19.4. The average molecular weight is 442 g/mol. The number of hydrogen-bond acceptors (Lipinski definition) is 4. The van der Waals surface area contributed by atoms with Crippen LogP contribution in [-0.4, -0.2) is 38.5 Å². The number of aliphatic hydroxyl groups is 1. The molecule has 2 N–H and O–H groups in total. The Morgan fingerprint density at radius 1 is 1.19 bits per heavy atom. The highest BCUT2D eigenvalue weighted by atomic mass is 35.5. The number of amides is 1. The predicted molar refractivity (Wildman–Crippen MR) is 121 cm³/mol. The maximum Gasteiger partial charge on any atom is 0.263 e. The first-order valence-corrected chi connectivity index (χ1v) is 11.1. The fraction of sp³-hybridized carbons (Fsp3) is 0.417. The summed E-state index contributed by atoms with van der Waals surface area (Å²) in [7, 11) is 0. The van der Waals surface area contributed by atoms with Gasteiger partial charge in [0.1, 0.15) is 0 Å². The Morgan fingerprint density at radius 2 is 1.94 bits per heavy atom. The minimum Gasteiger partial charge on any atom is -0.460 e. The number of fused-ring (bicyclic) bond motifs is 1. The molecule has 0 saturated heterocycles. The SMILES string of the molecule is CC(C)(Oc1nn(Cc2cccc(Cl)c2)c2ccccc12)C(=O)NC1CCC(O)CC1. The number of ether oxygens (including phenoxy) is 1. The second-order valence-electron chi connectivity index (χ2n) is 8.70. The van der Waals surface area contributed by atoms with Gasteiger partial charge in [0.25, 0.3) is 5.91 Å². The maximum absolute atomic E-state index is 12.9. The maximum atomic E-state index is 12.9. The molecule has 1 aliphatic rings. The van der Waals surface area contributed by atoms with Crippen LogP contribution in [0, 0.1) is 0 Å². The highest BCUT2D eigenvalue weighted by Crippen LogP contribution is 2.29. The Bertz CT molecular complexity index is 1070. The monoisotopic (exact) mass is 441 g/mol. The van der Waals surface area contributed by atoms with Gasteiger partial charge >= 0.3 is 0 Å². The van der Waals surface area contributed by atoms with Crippen molar-refractivity contribution in [2.75, 3.05) is 0 Å². The van der Waals surface area contributed by atoms with Crippen molar-refractivity contribution in [2.24, 2.45) is 0 Å². The van der Waals surface area contributed by atoms with E-state index in [2.05, 4.69) is 10.4 Å². The molecule has 7 heteroatoms. The highest BCUT2D eigenvalue weighted by molar-refractivity contribution is 6.30. The van der Waals surface area contributed by atoms with Crippen LogP contribution in [0.5, 0.6) is 5.88 Å². The summed E-state index contributed by atoms with van der Waals surface area (Å²) in [5.74, 6) is 0.249. The lowest BCUT2D eigenvalue weighted by Crippen LogP contribution is -2.51. The third kappa shape index (κ3) is 5.02. The van der Waals surface area contributed by atoms with Crippen molar-refractivity contribution in [3.63, 3.8) is 0 Å². The molecular formula is C24H28ClN3O3. The van der Waals surface area contributed by atoms with E-state index < -0.39 is 5.60 Å². The van der Waals surface area contributed by atoms with Crippen LogP contribution in [-0.2, 0) is 11.3 Å². The molecule has 1 aromatic heterocycles. The Hall–Kier alpha value is -2.57. The number of halogens is 1. The smallest absolute Gasteiger partial charge is 0.263 e. The summed E-state index contributed by atoms with van der Waals surface area (Å²) in [4.78, 5) is 12.9. The van der Waals surface area contributed by atoms with E-state index in [1.165, 1.54) is 0 Å². The molecule has 1 aliphatic carbocycles. The van der Waals surface area contributed by atoms with Gasteiger partial charge in [-0.05, 0) is 69.4 Å².